The topological polar surface area (TPSA) is 72.5 Å². The smallest absolute Gasteiger partial charge is 0.325 e. The highest BCUT2D eigenvalue weighted by Crippen LogP contribution is 2.14. The summed E-state index contributed by atoms with van der Waals surface area (Å²) in [6.45, 7) is 1.85. The van der Waals surface area contributed by atoms with Crippen molar-refractivity contribution in [3.05, 3.63) is 83.6 Å². The van der Waals surface area contributed by atoms with Crippen LogP contribution in [0.2, 0.25) is 0 Å². The van der Waals surface area contributed by atoms with Gasteiger partial charge in [-0.1, -0.05) is 60.7 Å². The van der Waals surface area contributed by atoms with Crippen molar-refractivity contribution < 1.29 is 19.1 Å². The van der Waals surface area contributed by atoms with Gasteiger partial charge in [0.15, 0.2) is 11.6 Å². The summed E-state index contributed by atoms with van der Waals surface area (Å²) in [6, 6.07) is 17.0. The van der Waals surface area contributed by atoms with Gasteiger partial charge in [-0.2, -0.15) is 0 Å². The molecule has 0 unspecified atom stereocenters. The van der Waals surface area contributed by atoms with Crippen molar-refractivity contribution in [2.75, 3.05) is 13.2 Å². The van der Waals surface area contributed by atoms with Crippen molar-refractivity contribution in [3.63, 3.8) is 0 Å². The van der Waals surface area contributed by atoms with Crippen LogP contribution >= 0.6 is 0 Å². The third-order valence-corrected chi connectivity index (χ3v) is 3.36. The number of esters is 1. The van der Waals surface area contributed by atoms with Crippen molar-refractivity contribution in [2.45, 2.75) is 6.92 Å². The van der Waals surface area contributed by atoms with Crippen molar-refractivity contribution in [3.8, 4) is 0 Å². The van der Waals surface area contributed by atoms with Crippen LogP contribution in [0, 0.1) is 0 Å². The van der Waals surface area contributed by atoms with Crippen LogP contribution in [-0.2, 0) is 9.53 Å². The molecule has 0 aliphatic rings. The predicted molar refractivity (Wildman–Crippen MR) is 94.3 cm³/mol. The summed E-state index contributed by atoms with van der Waals surface area (Å²) in [5, 5.41) is 2.69. The zero-order valence-electron chi connectivity index (χ0n) is 13.9. The number of nitrogens with one attached hydrogen (secondary N) is 1. The Morgan fingerprint density at radius 3 is 1.80 bits per heavy atom. The summed E-state index contributed by atoms with van der Waals surface area (Å²) in [5.41, 5.74) is 0.758. The molecule has 5 heteroatoms. The number of ether oxygens (including phenoxy) is 1. The first-order valence-corrected chi connectivity index (χ1v) is 7.92. The number of carbonyl (C=O) groups is 3. The lowest BCUT2D eigenvalue weighted by Crippen LogP contribution is -2.23. The molecule has 0 aliphatic carbocycles. The summed E-state index contributed by atoms with van der Waals surface area (Å²) in [4.78, 5) is 36.9. The number of Topliss-reactive ketones (excluding diaryl/α,β-unsaturated/α-hetero) is 2. The Labute approximate surface area is 146 Å². The predicted octanol–water partition coefficient (Wildman–Crippen LogP) is 2.79. The van der Waals surface area contributed by atoms with Gasteiger partial charge in [0.05, 0.1) is 12.2 Å². The minimum Gasteiger partial charge on any atom is -0.465 e. The largest absolute Gasteiger partial charge is 0.465 e. The number of ketones is 2. The van der Waals surface area contributed by atoms with Gasteiger partial charge in [0.25, 0.3) is 0 Å². The van der Waals surface area contributed by atoms with Gasteiger partial charge in [-0.3, -0.25) is 14.4 Å². The Morgan fingerprint density at radius 1 is 0.880 bits per heavy atom. The Hall–Kier alpha value is -3.21. The maximum atomic E-state index is 12.7. The molecule has 0 heterocycles. The van der Waals surface area contributed by atoms with E-state index < -0.39 is 17.5 Å². The molecule has 0 bridgehead atoms. The van der Waals surface area contributed by atoms with Crippen LogP contribution in [-0.4, -0.2) is 30.7 Å². The van der Waals surface area contributed by atoms with E-state index >= 15 is 0 Å². The standard InChI is InChI=1S/C20H19NO4/c1-2-25-18(22)14-21-13-17(19(23)15-9-5-3-6-10-15)20(24)16-11-7-4-8-12-16/h3-13,21H,2,14H2,1H3. The van der Waals surface area contributed by atoms with Crippen molar-refractivity contribution in [1.82, 2.24) is 5.32 Å². The lowest BCUT2D eigenvalue weighted by atomic mass is 9.96. The Balaban J connectivity index is 2.26. The quantitative estimate of drug-likeness (QED) is 0.264. The molecule has 25 heavy (non-hydrogen) atoms. The van der Waals surface area contributed by atoms with Crippen LogP contribution in [0.5, 0.6) is 0 Å². The molecular formula is C20H19NO4. The highest BCUT2D eigenvalue weighted by Gasteiger charge is 2.21. The monoisotopic (exact) mass is 337 g/mol. The van der Waals surface area contributed by atoms with Gasteiger partial charge in [0.1, 0.15) is 6.54 Å². The molecule has 0 saturated carbocycles. The number of hydrogen-bond acceptors (Lipinski definition) is 5. The molecule has 128 valence electrons. The fourth-order valence-electron chi connectivity index (χ4n) is 2.17. The zero-order valence-corrected chi connectivity index (χ0v) is 13.9. The van der Waals surface area contributed by atoms with E-state index in [9.17, 15) is 14.4 Å². The van der Waals surface area contributed by atoms with Crippen LogP contribution in [0.15, 0.2) is 72.4 Å². The third-order valence-electron chi connectivity index (χ3n) is 3.36. The van der Waals surface area contributed by atoms with E-state index in [-0.39, 0.29) is 18.7 Å². The summed E-state index contributed by atoms with van der Waals surface area (Å²) in [5.74, 6) is -1.28. The second kappa shape index (κ2) is 9.17. The molecule has 0 atom stereocenters. The number of rotatable bonds is 8. The zero-order chi connectivity index (χ0) is 18.1. The Kier molecular flexibility index (Phi) is 6.65. The number of hydrogen-bond donors (Lipinski definition) is 1. The molecule has 2 rings (SSSR count). The van der Waals surface area contributed by atoms with E-state index in [1.807, 2.05) is 0 Å². The van der Waals surface area contributed by atoms with E-state index in [4.69, 9.17) is 4.74 Å². The average molecular weight is 337 g/mol. The van der Waals surface area contributed by atoms with E-state index in [1.54, 1.807) is 67.6 Å². The molecule has 1 N–H and O–H groups in total. The van der Waals surface area contributed by atoms with Crippen LogP contribution in [0.4, 0.5) is 0 Å². The van der Waals surface area contributed by atoms with Crippen LogP contribution in [0.3, 0.4) is 0 Å². The highest BCUT2D eigenvalue weighted by atomic mass is 16.5. The number of allylic oxidation sites excluding steroid dienone is 1. The normalized spacial score (nSPS) is 9.80. The first-order chi connectivity index (χ1) is 12.1. The Bertz CT molecular complexity index is 713. The fourth-order valence-corrected chi connectivity index (χ4v) is 2.17. The second-order valence-electron chi connectivity index (χ2n) is 5.13. The molecule has 0 spiro atoms. The Morgan fingerprint density at radius 2 is 1.36 bits per heavy atom. The van der Waals surface area contributed by atoms with Gasteiger partial charge in [-0.15, -0.1) is 0 Å². The van der Waals surface area contributed by atoms with Gasteiger partial charge in [0, 0.05) is 17.3 Å². The SMILES string of the molecule is CCOC(=O)CNC=C(C(=O)c1ccccc1)C(=O)c1ccccc1. The fraction of sp³-hybridized carbons (Fsp3) is 0.150. The van der Waals surface area contributed by atoms with Gasteiger partial charge in [-0.05, 0) is 6.92 Å². The summed E-state index contributed by atoms with van der Waals surface area (Å²) in [7, 11) is 0. The lowest BCUT2D eigenvalue weighted by Gasteiger charge is -2.08. The molecule has 2 aromatic rings. The summed E-state index contributed by atoms with van der Waals surface area (Å²) in [6.07, 6.45) is 1.28. The second-order valence-corrected chi connectivity index (χ2v) is 5.13. The molecular weight excluding hydrogens is 318 g/mol. The molecule has 2 aromatic carbocycles. The third kappa shape index (κ3) is 5.14. The van der Waals surface area contributed by atoms with Crippen molar-refractivity contribution >= 4 is 17.5 Å². The van der Waals surface area contributed by atoms with Crippen molar-refractivity contribution in [2.24, 2.45) is 0 Å². The molecule has 5 nitrogen and oxygen atoms in total. The first kappa shape index (κ1) is 18.1. The van der Waals surface area contributed by atoms with Crippen molar-refractivity contribution in [1.29, 1.82) is 0 Å². The molecule has 0 fully saturated rings. The van der Waals surface area contributed by atoms with Gasteiger partial charge in [-0.25, -0.2) is 0 Å². The summed E-state index contributed by atoms with van der Waals surface area (Å²) >= 11 is 0. The van der Waals surface area contributed by atoms with Crippen LogP contribution in [0.25, 0.3) is 0 Å². The first-order valence-electron chi connectivity index (χ1n) is 7.92. The maximum Gasteiger partial charge on any atom is 0.325 e. The van der Waals surface area contributed by atoms with Crippen LogP contribution < -0.4 is 5.32 Å². The minimum atomic E-state index is -0.461. The van der Waals surface area contributed by atoms with Gasteiger partial charge in [0.2, 0.25) is 0 Å². The average Bonchev–Trinajstić information content (AvgIpc) is 2.66. The molecule has 0 aliphatic heterocycles. The van der Waals surface area contributed by atoms with E-state index in [0.29, 0.717) is 11.1 Å². The minimum absolute atomic E-state index is 0.0401. The maximum absolute atomic E-state index is 12.7. The number of benzene rings is 2. The number of carbonyl (C=O) groups excluding carboxylic acids is 3. The molecule has 0 radical (unpaired) electrons. The van der Waals surface area contributed by atoms with E-state index in [2.05, 4.69) is 5.32 Å². The summed E-state index contributed by atoms with van der Waals surface area (Å²) < 4.78 is 4.81. The van der Waals surface area contributed by atoms with Gasteiger partial charge < -0.3 is 10.1 Å². The molecule has 0 amide bonds. The molecule has 0 saturated heterocycles. The molecule has 0 aromatic heterocycles. The van der Waals surface area contributed by atoms with Gasteiger partial charge >= 0.3 is 5.97 Å². The van der Waals surface area contributed by atoms with E-state index in [1.165, 1.54) is 6.20 Å². The van der Waals surface area contributed by atoms with E-state index in [0.717, 1.165) is 0 Å². The highest BCUT2D eigenvalue weighted by molar-refractivity contribution is 6.30. The van der Waals surface area contributed by atoms with Crippen LogP contribution in [0.1, 0.15) is 27.6 Å². The lowest BCUT2D eigenvalue weighted by molar-refractivity contribution is -0.141.